The molecule has 19 heavy (non-hydrogen) atoms. The molecule has 0 radical (unpaired) electrons. The molecule has 3 unspecified atom stereocenters. The lowest BCUT2D eigenvalue weighted by Gasteiger charge is -2.21. The zero-order valence-electron chi connectivity index (χ0n) is 11.8. The van der Waals surface area contributed by atoms with Crippen LogP contribution in [0.4, 0.5) is 0 Å². The van der Waals surface area contributed by atoms with Gasteiger partial charge in [-0.05, 0) is 50.3 Å². The standard InChI is InChI=1S/C16H21NO2/c1-9-6-10(2)15(14(7-9)19-3)16(18)12-8-11-4-5-13(12)17-11/h6-7,11-13,17H,4-5,8H2,1-3H3. The van der Waals surface area contributed by atoms with Crippen LogP contribution < -0.4 is 10.1 Å². The van der Waals surface area contributed by atoms with Crippen molar-refractivity contribution in [2.75, 3.05) is 7.11 Å². The number of nitrogens with one attached hydrogen (secondary N) is 1. The summed E-state index contributed by atoms with van der Waals surface area (Å²) in [6.07, 6.45) is 3.34. The summed E-state index contributed by atoms with van der Waals surface area (Å²) in [4.78, 5) is 12.8. The normalized spacial score (nSPS) is 28.7. The van der Waals surface area contributed by atoms with Gasteiger partial charge in [0.1, 0.15) is 5.75 Å². The van der Waals surface area contributed by atoms with E-state index >= 15 is 0 Å². The van der Waals surface area contributed by atoms with E-state index in [4.69, 9.17) is 4.74 Å². The van der Waals surface area contributed by atoms with E-state index in [2.05, 4.69) is 11.4 Å². The minimum Gasteiger partial charge on any atom is -0.496 e. The highest BCUT2D eigenvalue weighted by Gasteiger charge is 2.43. The van der Waals surface area contributed by atoms with Crippen LogP contribution in [-0.2, 0) is 0 Å². The minimum atomic E-state index is 0.133. The zero-order valence-corrected chi connectivity index (χ0v) is 11.8. The molecule has 1 aromatic carbocycles. The number of rotatable bonds is 3. The van der Waals surface area contributed by atoms with Gasteiger partial charge in [0.2, 0.25) is 0 Å². The van der Waals surface area contributed by atoms with Crippen LogP contribution in [0.5, 0.6) is 5.75 Å². The molecule has 0 aromatic heterocycles. The van der Waals surface area contributed by atoms with E-state index in [1.54, 1.807) is 7.11 Å². The highest BCUT2D eigenvalue weighted by atomic mass is 16.5. The van der Waals surface area contributed by atoms with Crippen molar-refractivity contribution in [3.05, 3.63) is 28.8 Å². The maximum atomic E-state index is 12.8. The lowest BCUT2D eigenvalue weighted by Crippen LogP contribution is -2.29. The topological polar surface area (TPSA) is 38.3 Å². The smallest absolute Gasteiger partial charge is 0.171 e. The van der Waals surface area contributed by atoms with Crippen molar-refractivity contribution in [2.24, 2.45) is 5.92 Å². The van der Waals surface area contributed by atoms with Crippen molar-refractivity contribution in [3.63, 3.8) is 0 Å². The highest BCUT2D eigenvalue weighted by molar-refractivity contribution is 6.02. The third-order valence-electron chi connectivity index (χ3n) is 4.55. The van der Waals surface area contributed by atoms with Gasteiger partial charge in [0.05, 0.1) is 12.7 Å². The Morgan fingerprint density at radius 2 is 2.11 bits per heavy atom. The van der Waals surface area contributed by atoms with Gasteiger partial charge in [-0.3, -0.25) is 4.79 Å². The summed E-state index contributed by atoms with van der Waals surface area (Å²) >= 11 is 0. The van der Waals surface area contributed by atoms with Crippen molar-refractivity contribution >= 4 is 5.78 Å². The lowest BCUT2D eigenvalue weighted by atomic mass is 9.82. The van der Waals surface area contributed by atoms with Crippen LogP contribution in [0.3, 0.4) is 0 Å². The second-order valence-corrected chi connectivity index (χ2v) is 5.91. The molecular weight excluding hydrogens is 238 g/mol. The summed E-state index contributed by atoms with van der Waals surface area (Å²) in [5, 5.41) is 3.54. The van der Waals surface area contributed by atoms with Crippen molar-refractivity contribution in [3.8, 4) is 5.75 Å². The van der Waals surface area contributed by atoms with Gasteiger partial charge in [-0.2, -0.15) is 0 Å². The van der Waals surface area contributed by atoms with Gasteiger partial charge in [0, 0.05) is 18.0 Å². The predicted molar refractivity (Wildman–Crippen MR) is 74.9 cm³/mol. The van der Waals surface area contributed by atoms with Crippen LogP contribution >= 0.6 is 0 Å². The van der Waals surface area contributed by atoms with E-state index in [0.717, 1.165) is 35.3 Å². The fourth-order valence-corrected chi connectivity index (χ4v) is 3.70. The van der Waals surface area contributed by atoms with E-state index in [9.17, 15) is 4.79 Å². The number of methoxy groups -OCH3 is 1. The minimum absolute atomic E-state index is 0.133. The molecule has 0 spiro atoms. The molecule has 2 saturated heterocycles. The molecule has 2 fully saturated rings. The maximum absolute atomic E-state index is 12.8. The molecule has 102 valence electrons. The second kappa shape index (κ2) is 4.64. The monoisotopic (exact) mass is 259 g/mol. The van der Waals surface area contributed by atoms with E-state index < -0.39 is 0 Å². The number of hydrogen-bond donors (Lipinski definition) is 1. The van der Waals surface area contributed by atoms with Crippen LogP contribution in [0.15, 0.2) is 12.1 Å². The SMILES string of the molecule is COc1cc(C)cc(C)c1C(=O)C1CC2CCC1N2. The largest absolute Gasteiger partial charge is 0.496 e. The first-order valence-electron chi connectivity index (χ1n) is 7.05. The van der Waals surface area contributed by atoms with Gasteiger partial charge >= 0.3 is 0 Å². The number of Topliss-reactive ketones (excluding diaryl/α,β-unsaturated/α-hetero) is 1. The van der Waals surface area contributed by atoms with Crippen LogP contribution in [0, 0.1) is 19.8 Å². The molecule has 3 rings (SSSR count). The number of hydrogen-bond acceptors (Lipinski definition) is 3. The van der Waals surface area contributed by atoms with Crippen molar-refractivity contribution < 1.29 is 9.53 Å². The molecule has 3 nitrogen and oxygen atoms in total. The van der Waals surface area contributed by atoms with Gasteiger partial charge in [-0.25, -0.2) is 0 Å². The molecule has 0 saturated carbocycles. The molecular formula is C16H21NO2. The van der Waals surface area contributed by atoms with Crippen molar-refractivity contribution in [2.45, 2.75) is 45.2 Å². The fraction of sp³-hybridized carbons (Fsp3) is 0.562. The molecule has 3 heteroatoms. The third kappa shape index (κ3) is 2.06. The molecule has 2 aliphatic heterocycles. The van der Waals surface area contributed by atoms with E-state index in [0.29, 0.717) is 12.1 Å². The molecule has 2 heterocycles. The first-order chi connectivity index (χ1) is 9.10. The third-order valence-corrected chi connectivity index (χ3v) is 4.55. The Morgan fingerprint density at radius 3 is 2.68 bits per heavy atom. The van der Waals surface area contributed by atoms with E-state index in [-0.39, 0.29) is 11.7 Å². The Bertz CT molecular complexity index is 524. The predicted octanol–water partition coefficient (Wildman–Crippen LogP) is 2.64. The number of carbonyl (C=O) groups excluding carboxylic acids is 1. The van der Waals surface area contributed by atoms with Gasteiger partial charge in [0.15, 0.2) is 5.78 Å². The second-order valence-electron chi connectivity index (χ2n) is 5.91. The summed E-state index contributed by atoms with van der Waals surface area (Å²) in [7, 11) is 1.64. The molecule has 1 N–H and O–H groups in total. The van der Waals surface area contributed by atoms with E-state index in [1.165, 1.54) is 6.42 Å². The number of aryl methyl sites for hydroxylation is 2. The number of ketones is 1. The van der Waals surface area contributed by atoms with Crippen LogP contribution in [0.25, 0.3) is 0 Å². The maximum Gasteiger partial charge on any atom is 0.171 e. The average Bonchev–Trinajstić information content (AvgIpc) is 2.99. The first kappa shape index (κ1) is 12.7. The Balaban J connectivity index is 1.95. The molecule has 2 bridgehead atoms. The van der Waals surface area contributed by atoms with Crippen molar-refractivity contribution in [1.82, 2.24) is 5.32 Å². The summed E-state index contributed by atoms with van der Waals surface area (Å²) in [6.45, 7) is 4.03. The fourth-order valence-electron chi connectivity index (χ4n) is 3.70. The molecule has 0 aliphatic carbocycles. The van der Waals surface area contributed by atoms with Crippen LogP contribution in [0.2, 0.25) is 0 Å². The Morgan fingerprint density at radius 1 is 1.32 bits per heavy atom. The van der Waals surface area contributed by atoms with Gasteiger partial charge in [-0.15, -0.1) is 0 Å². The van der Waals surface area contributed by atoms with Gasteiger partial charge in [0.25, 0.3) is 0 Å². The molecule has 3 atom stereocenters. The zero-order chi connectivity index (χ0) is 13.6. The Labute approximate surface area is 114 Å². The number of carbonyl (C=O) groups is 1. The molecule has 0 amide bonds. The molecule has 1 aromatic rings. The number of fused-ring (bicyclic) bond motifs is 2. The highest BCUT2D eigenvalue weighted by Crippen LogP contribution is 2.37. The first-order valence-corrected chi connectivity index (χ1v) is 7.05. The number of benzene rings is 1. The summed E-state index contributed by atoms with van der Waals surface area (Å²) in [6, 6.07) is 4.95. The summed E-state index contributed by atoms with van der Waals surface area (Å²) in [5.74, 6) is 1.12. The summed E-state index contributed by atoms with van der Waals surface area (Å²) < 4.78 is 5.43. The summed E-state index contributed by atoms with van der Waals surface area (Å²) in [5.41, 5.74) is 2.95. The van der Waals surface area contributed by atoms with Crippen LogP contribution in [-0.4, -0.2) is 25.0 Å². The molecule has 2 aliphatic rings. The lowest BCUT2D eigenvalue weighted by molar-refractivity contribution is 0.0897. The van der Waals surface area contributed by atoms with E-state index in [1.807, 2.05) is 19.9 Å². The van der Waals surface area contributed by atoms with Gasteiger partial charge < -0.3 is 10.1 Å². The van der Waals surface area contributed by atoms with Crippen LogP contribution in [0.1, 0.15) is 40.7 Å². The van der Waals surface area contributed by atoms with Crippen molar-refractivity contribution in [1.29, 1.82) is 0 Å². The Kier molecular flexibility index (Phi) is 3.09. The quantitative estimate of drug-likeness (QED) is 0.848. The average molecular weight is 259 g/mol. The number of ether oxygens (including phenoxy) is 1. The van der Waals surface area contributed by atoms with Gasteiger partial charge in [-0.1, -0.05) is 6.07 Å². The Hall–Kier alpha value is -1.35.